The molecule has 3 N–H and O–H groups in total. The van der Waals surface area contributed by atoms with Gasteiger partial charge in [0.1, 0.15) is 5.65 Å². The van der Waals surface area contributed by atoms with E-state index >= 15 is 0 Å². The number of carbonyl (C=O) groups is 1. The number of fused-ring (bicyclic) bond motifs is 1. The quantitative estimate of drug-likeness (QED) is 0.373. The number of hydrogen-bond acceptors (Lipinski definition) is 5. The largest absolute Gasteiger partial charge is 0.395 e. The SMILES string of the molecule is O=C(NCCO)N1CCN(c2cnc3[nH]cc(-c4ccn(Cc5cccc(Cl)c5)c(=O)c4)c3c2)CC1. The first-order chi connectivity index (χ1) is 17.5. The molecule has 4 aromatic rings. The monoisotopic (exact) mass is 506 g/mol. The number of pyridine rings is 2. The van der Waals surface area contributed by atoms with Crippen LogP contribution in [0.3, 0.4) is 0 Å². The number of nitrogens with one attached hydrogen (secondary N) is 2. The topological polar surface area (TPSA) is 106 Å². The standard InChI is InChI=1S/C26H27ClN6O3/c27-20-3-1-2-18(12-20)17-33-6-4-19(13-24(33)35)23-16-30-25-22(23)14-21(15-29-25)31-7-9-32(10-8-31)26(36)28-5-11-34/h1-4,6,12-16,34H,5,7-11,17H2,(H,28,36)(H,29,30). The maximum Gasteiger partial charge on any atom is 0.317 e. The van der Waals surface area contributed by atoms with Gasteiger partial charge >= 0.3 is 6.03 Å². The highest BCUT2D eigenvalue weighted by Crippen LogP contribution is 2.30. The van der Waals surface area contributed by atoms with Crippen LogP contribution in [0.1, 0.15) is 5.56 Å². The van der Waals surface area contributed by atoms with Gasteiger partial charge in [0.25, 0.3) is 5.56 Å². The molecule has 3 aromatic heterocycles. The van der Waals surface area contributed by atoms with Gasteiger partial charge in [0, 0.05) is 67.2 Å². The van der Waals surface area contributed by atoms with Crippen molar-refractivity contribution in [3.63, 3.8) is 0 Å². The zero-order valence-electron chi connectivity index (χ0n) is 19.7. The minimum atomic E-state index is -0.157. The van der Waals surface area contributed by atoms with Crippen molar-refractivity contribution in [3.05, 3.63) is 82.0 Å². The predicted octanol–water partition coefficient (Wildman–Crippen LogP) is 2.92. The molecule has 10 heteroatoms. The molecule has 186 valence electrons. The Morgan fingerprint density at radius 3 is 2.72 bits per heavy atom. The van der Waals surface area contributed by atoms with Gasteiger partial charge in [-0.3, -0.25) is 4.79 Å². The molecule has 0 atom stereocenters. The molecule has 1 aliphatic rings. The number of aliphatic hydroxyl groups excluding tert-OH is 1. The highest BCUT2D eigenvalue weighted by atomic mass is 35.5. The molecule has 1 aromatic carbocycles. The van der Waals surface area contributed by atoms with Crippen molar-refractivity contribution in [1.82, 2.24) is 24.8 Å². The van der Waals surface area contributed by atoms with Crippen molar-refractivity contribution in [2.45, 2.75) is 6.54 Å². The molecule has 0 saturated carbocycles. The lowest BCUT2D eigenvalue weighted by molar-refractivity contribution is 0.190. The molecule has 2 amide bonds. The minimum absolute atomic E-state index is 0.0759. The zero-order chi connectivity index (χ0) is 25.1. The van der Waals surface area contributed by atoms with Crippen molar-refractivity contribution >= 4 is 34.4 Å². The number of piperazine rings is 1. The second-order valence-corrected chi connectivity index (χ2v) is 9.17. The van der Waals surface area contributed by atoms with Gasteiger partial charge in [-0.2, -0.15) is 0 Å². The number of rotatable bonds is 6. The normalized spacial score (nSPS) is 13.8. The second-order valence-electron chi connectivity index (χ2n) is 8.73. The third kappa shape index (κ3) is 5.07. The van der Waals surface area contributed by atoms with E-state index < -0.39 is 0 Å². The lowest BCUT2D eigenvalue weighted by Gasteiger charge is -2.35. The van der Waals surface area contributed by atoms with E-state index in [9.17, 15) is 9.59 Å². The number of aromatic amines is 1. The van der Waals surface area contributed by atoms with Crippen LogP contribution in [0.15, 0.2) is 65.8 Å². The highest BCUT2D eigenvalue weighted by Gasteiger charge is 2.22. The van der Waals surface area contributed by atoms with E-state index in [0.717, 1.165) is 33.4 Å². The van der Waals surface area contributed by atoms with Crippen molar-refractivity contribution < 1.29 is 9.90 Å². The van der Waals surface area contributed by atoms with Crippen LogP contribution in [0, 0.1) is 0 Å². The molecule has 1 aliphatic heterocycles. The zero-order valence-corrected chi connectivity index (χ0v) is 20.4. The fourth-order valence-electron chi connectivity index (χ4n) is 4.48. The third-order valence-corrected chi connectivity index (χ3v) is 6.62. The fraction of sp³-hybridized carbons (Fsp3) is 0.269. The summed E-state index contributed by atoms with van der Waals surface area (Å²) >= 11 is 6.08. The first-order valence-electron chi connectivity index (χ1n) is 11.8. The van der Waals surface area contributed by atoms with Crippen molar-refractivity contribution in [2.75, 3.05) is 44.2 Å². The summed E-state index contributed by atoms with van der Waals surface area (Å²) < 4.78 is 1.66. The first kappa shape index (κ1) is 23.9. The Labute approximate surface area is 212 Å². The molecular weight excluding hydrogens is 480 g/mol. The highest BCUT2D eigenvalue weighted by molar-refractivity contribution is 6.30. The number of halogens is 1. The number of H-pyrrole nitrogens is 1. The van der Waals surface area contributed by atoms with Gasteiger partial charge < -0.3 is 29.8 Å². The summed E-state index contributed by atoms with van der Waals surface area (Å²) in [5.41, 5.74) is 4.31. The van der Waals surface area contributed by atoms with Crippen LogP contribution in [0.5, 0.6) is 0 Å². The molecule has 1 saturated heterocycles. The predicted molar refractivity (Wildman–Crippen MR) is 141 cm³/mol. The number of nitrogens with zero attached hydrogens (tertiary/aromatic N) is 4. The molecule has 5 rings (SSSR count). The maximum absolute atomic E-state index is 12.9. The first-order valence-corrected chi connectivity index (χ1v) is 12.2. The van der Waals surface area contributed by atoms with Gasteiger partial charge in [0.2, 0.25) is 0 Å². The fourth-order valence-corrected chi connectivity index (χ4v) is 4.70. The van der Waals surface area contributed by atoms with Crippen LogP contribution in [0.2, 0.25) is 5.02 Å². The summed E-state index contributed by atoms with van der Waals surface area (Å²) in [4.78, 5) is 36.8. The van der Waals surface area contributed by atoms with Gasteiger partial charge in [-0.1, -0.05) is 23.7 Å². The van der Waals surface area contributed by atoms with E-state index in [4.69, 9.17) is 16.7 Å². The lowest BCUT2D eigenvalue weighted by atomic mass is 10.1. The molecule has 0 unspecified atom stereocenters. The lowest BCUT2D eigenvalue weighted by Crippen LogP contribution is -2.52. The third-order valence-electron chi connectivity index (χ3n) is 6.39. The van der Waals surface area contributed by atoms with Gasteiger partial charge in [-0.05, 0) is 35.4 Å². The molecule has 1 fully saturated rings. The molecule has 36 heavy (non-hydrogen) atoms. The van der Waals surface area contributed by atoms with Gasteiger partial charge in [-0.15, -0.1) is 0 Å². The Kier molecular flexibility index (Phi) is 6.92. The van der Waals surface area contributed by atoms with E-state index in [1.807, 2.05) is 42.7 Å². The summed E-state index contributed by atoms with van der Waals surface area (Å²) in [5.74, 6) is 0. The molecular formula is C26H27ClN6O3. The van der Waals surface area contributed by atoms with Gasteiger partial charge in [0.05, 0.1) is 25.0 Å². The van der Waals surface area contributed by atoms with Crippen molar-refractivity contribution in [3.8, 4) is 11.1 Å². The Balaban J connectivity index is 1.34. The van der Waals surface area contributed by atoms with Crippen LogP contribution in [0.4, 0.5) is 10.5 Å². The van der Waals surface area contributed by atoms with Gasteiger partial charge in [-0.25, -0.2) is 9.78 Å². The van der Waals surface area contributed by atoms with Crippen LogP contribution in [-0.4, -0.2) is 69.9 Å². The van der Waals surface area contributed by atoms with E-state index in [1.165, 1.54) is 0 Å². The van der Waals surface area contributed by atoms with Crippen molar-refractivity contribution in [1.29, 1.82) is 0 Å². The number of anilines is 1. The average molecular weight is 507 g/mol. The van der Waals surface area contributed by atoms with Crippen LogP contribution in [0.25, 0.3) is 22.2 Å². The number of carbonyl (C=O) groups excluding carboxylic acids is 1. The minimum Gasteiger partial charge on any atom is -0.395 e. The number of aromatic nitrogens is 3. The number of amides is 2. The summed E-state index contributed by atoms with van der Waals surface area (Å²) in [6, 6.07) is 13.0. The summed E-state index contributed by atoms with van der Waals surface area (Å²) in [6.45, 7) is 3.15. The smallest absolute Gasteiger partial charge is 0.317 e. The Morgan fingerprint density at radius 1 is 1.14 bits per heavy atom. The Bertz CT molecular complexity index is 1440. The maximum atomic E-state index is 12.9. The van der Waals surface area contributed by atoms with E-state index in [0.29, 0.717) is 37.7 Å². The van der Waals surface area contributed by atoms with E-state index in [-0.39, 0.29) is 24.7 Å². The molecule has 0 aliphatic carbocycles. The average Bonchev–Trinajstić information content (AvgIpc) is 3.32. The number of benzene rings is 1. The van der Waals surface area contributed by atoms with Crippen LogP contribution >= 0.6 is 11.6 Å². The Morgan fingerprint density at radius 2 is 1.97 bits per heavy atom. The van der Waals surface area contributed by atoms with Crippen LogP contribution in [-0.2, 0) is 6.54 Å². The molecule has 9 nitrogen and oxygen atoms in total. The number of aliphatic hydroxyl groups is 1. The number of urea groups is 1. The van der Waals surface area contributed by atoms with E-state index in [2.05, 4.69) is 26.3 Å². The van der Waals surface area contributed by atoms with Crippen molar-refractivity contribution in [2.24, 2.45) is 0 Å². The number of hydrogen-bond donors (Lipinski definition) is 3. The second kappa shape index (κ2) is 10.4. The summed E-state index contributed by atoms with van der Waals surface area (Å²) in [7, 11) is 0. The van der Waals surface area contributed by atoms with Gasteiger partial charge in [0.15, 0.2) is 0 Å². The summed E-state index contributed by atoms with van der Waals surface area (Å²) in [6.07, 6.45) is 5.50. The Hall–Kier alpha value is -3.82. The van der Waals surface area contributed by atoms with Crippen LogP contribution < -0.4 is 15.8 Å². The molecule has 0 radical (unpaired) electrons. The molecule has 4 heterocycles. The molecule has 0 bridgehead atoms. The summed E-state index contributed by atoms with van der Waals surface area (Å²) in [5, 5.41) is 13.2. The molecule has 0 spiro atoms. The van der Waals surface area contributed by atoms with E-state index in [1.54, 1.807) is 21.7 Å².